The first-order chi connectivity index (χ1) is 8.56. The maximum Gasteiger partial charge on any atom is 0.179 e. The van der Waals surface area contributed by atoms with E-state index in [1.54, 1.807) is 12.4 Å². The van der Waals surface area contributed by atoms with Gasteiger partial charge in [0.15, 0.2) is 5.82 Å². The Balaban J connectivity index is 2.38. The van der Waals surface area contributed by atoms with Crippen molar-refractivity contribution in [3.05, 3.63) is 39.2 Å². The molecule has 2 N–H and O–H groups in total. The summed E-state index contributed by atoms with van der Waals surface area (Å²) in [7, 11) is 0. The van der Waals surface area contributed by atoms with E-state index in [1.807, 2.05) is 19.1 Å². The van der Waals surface area contributed by atoms with Gasteiger partial charge in [0.2, 0.25) is 0 Å². The van der Waals surface area contributed by atoms with Gasteiger partial charge < -0.3 is 5.73 Å². The standard InChI is InChI=1S/C12H12Br2N4/c1-7(15)4-9-2-3-16-12(18-9)11-10(14)5-8(13)6-17-11/h2-3,5-7H,4,15H2,1H3. The molecule has 0 saturated heterocycles. The summed E-state index contributed by atoms with van der Waals surface area (Å²) < 4.78 is 1.76. The highest BCUT2D eigenvalue weighted by Crippen LogP contribution is 2.26. The molecule has 0 aliphatic heterocycles. The maximum absolute atomic E-state index is 5.77. The number of pyridine rings is 1. The largest absolute Gasteiger partial charge is 0.328 e. The van der Waals surface area contributed by atoms with Crippen molar-refractivity contribution in [2.24, 2.45) is 5.73 Å². The van der Waals surface area contributed by atoms with Gasteiger partial charge in [-0.15, -0.1) is 0 Å². The summed E-state index contributed by atoms with van der Waals surface area (Å²) in [5.74, 6) is 0.604. The van der Waals surface area contributed by atoms with Crippen molar-refractivity contribution in [1.29, 1.82) is 0 Å². The molecule has 0 saturated carbocycles. The minimum atomic E-state index is 0.0778. The third-order valence-electron chi connectivity index (χ3n) is 2.26. The molecule has 4 nitrogen and oxygen atoms in total. The van der Waals surface area contributed by atoms with Gasteiger partial charge >= 0.3 is 0 Å². The Bertz CT molecular complexity index is 558. The van der Waals surface area contributed by atoms with Crippen LogP contribution >= 0.6 is 31.9 Å². The fraction of sp³-hybridized carbons (Fsp3) is 0.250. The molecule has 18 heavy (non-hydrogen) atoms. The van der Waals surface area contributed by atoms with Crippen LogP contribution in [0, 0.1) is 0 Å². The summed E-state index contributed by atoms with van der Waals surface area (Å²) in [4.78, 5) is 13.0. The third kappa shape index (κ3) is 3.34. The molecule has 1 unspecified atom stereocenters. The molecular weight excluding hydrogens is 360 g/mol. The van der Waals surface area contributed by atoms with Crippen LogP contribution in [-0.4, -0.2) is 21.0 Å². The highest BCUT2D eigenvalue weighted by Gasteiger charge is 2.09. The molecule has 1 atom stereocenters. The molecule has 0 aliphatic carbocycles. The summed E-state index contributed by atoms with van der Waals surface area (Å²) in [6.45, 7) is 1.95. The van der Waals surface area contributed by atoms with Crippen LogP contribution in [-0.2, 0) is 6.42 Å². The number of hydrogen-bond acceptors (Lipinski definition) is 4. The third-order valence-corrected chi connectivity index (χ3v) is 3.30. The molecule has 0 spiro atoms. The van der Waals surface area contributed by atoms with Gasteiger partial charge in [0.05, 0.1) is 0 Å². The molecule has 94 valence electrons. The molecule has 0 aliphatic rings. The van der Waals surface area contributed by atoms with Crippen LogP contribution in [0.15, 0.2) is 33.5 Å². The van der Waals surface area contributed by atoms with E-state index >= 15 is 0 Å². The highest BCUT2D eigenvalue weighted by molar-refractivity contribution is 9.11. The first kappa shape index (κ1) is 13.6. The quantitative estimate of drug-likeness (QED) is 0.900. The molecule has 2 rings (SSSR count). The molecule has 0 radical (unpaired) electrons. The number of hydrogen-bond donors (Lipinski definition) is 1. The van der Waals surface area contributed by atoms with Gasteiger partial charge in [-0.2, -0.15) is 0 Å². The second-order valence-electron chi connectivity index (χ2n) is 4.04. The topological polar surface area (TPSA) is 64.7 Å². The van der Waals surface area contributed by atoms with E-state index in [4.69, 9.17) is 5.73 Å². The summed E-state index contributed by atoms with van der Waals surface area (Å²) in [6, 6.07) is 3.87. The monoisotopic (exact) mass is 370 g/mol. The first-order valence-electron chi connectivity index (χ1n) is 5.45. The van der Waals surface area contributed by atoms with E-state index in [1.165, 1.54) is 0 Å². The molecule has 0 amide bonds. The zero-order valence-electron chi connectivity index (χ0n) is 9.77. The predicted octanol–water partition coefficient (Wildman–Crippen LogP) is 2.95. The Kier molecular flexibility index (Phi) is 4.42. The molecular formula is C12H12Br2N4. The highest BCUT2D eigenvalue weighted by atomic mass is 79.9. The Morgan fingerprint density at radius 2 is 2.11 bits per heavy atom. The minimum Gasteiger partial charge on any atom is -0.328 e. The van der Waals surface area contributed by atoms with Crippen molar-refractivity contribution in [3.8, 4) is 11.5 Å². The number of rotatable bonds is 3. The zero-order valence-corrected chi connectivity index (χ0v) is 12.9. The van der Waals surface area contributed by atoms with Crippen LogP contribution in [0.1, 0.15) is 12.6 Å². The Hall–Kier alpha value is -0.850. The van der Waals surface area contributed by atoms with E-state index < -0.39 is 0 Å². The van der Waals surface area contributed by atoms with Crippen LogP contribution < -0.4 is 5.73 Å². The zero-order chi connectivity index (χ0) is 13.1. The fourth-order valence-electron chi connectivity index (χ4n) is 1.53. The fourth-order valence-corrected chi connectivity index (χ4v) is 2.70. The van der Waals surface area contributed by atoms with Gasteiger partial charge in [0, 0.05) is 39.5 Å². The van der Waals surface area contributed by atoms with Gasteiger partial charge in [-0.05, 0) is 50.9 Å². The summed E-state index contributed by atoms with van der Waals surface area (Å²) >= 11 is 6.83. The minimum absolute atomic E-state index is 0.0778. The van der Waals surface area contributed by atoms with Gasteiger partial charge in [0.1, 0.15) is 5.69 Å². The Morgan fingerprint density at radius 3 is 2.78 bits per heavy atom. The van der Waals surface area contributed by atoms with Gasteiger partial charge in [-0.25, -0.2) is 9.97 Å². The molecule has 2 aromatic heterocycles. The summed E-state index contributed by atoms with van der Waals surface area (Å²) in [5.41, 5.74) is 7.42. The second-order valence-corrected chi connectivity index (χ2v) is 5.81. The lowest BCUT2D eigenvalue weighted by molar-refractivity contribution is 0.720. The molecule has 0 fully saturated rings. The molecule has 2 heterocycles. The predicted molar refractivity (Wildman–Crippen MR) is 78.0 cm³/mol. The smallest absolute Gasteiger partial charge is 0.179 e. The summed E-state index contributed by atoms with van der Waals surface area (Å²) in [5, 5.41) is 0. The first-order valence-corrected chi connectivity index (χ1v) is 7.04. The lowest BCUT2D eigenvalue weighted by Gasteiger charge is -2.07. The van der Waals surface area contributed by atoms with E-state index in [0.29, 0.717) is 5.82 Å². The van der Waals surface area contributed by atoms with Gasteiger partial charge in [-0.3, -0.25) is 4.98 Å². The maximum atomic E-state index is 5.77. The SMILES string of the molecule is CC(N)Cc1ccnc(-c2ncc(Br)cc2Br)n1. The van der Waals surface area contributed by atoms with Crippen LogP contribution in [0.4, 0.5) is 0 Å². The molecule has 0 aromatic carbocycles. The lowest BCUT2D eigenvalue weighted by Crippen LogP contribution is -2.18. The van der Waals surface area contributed by atoms with Crippen LogP contribution in [0.5, 0.6) is 0 Å². The van der Waals surface area contributed by atoms with Crippen molar-refractivity contribution in [2.75, 3.05) is 0 Å². The lowest BCUT2D eigenvalue weighted by atomic mass is 10.2. The molecule has 0 bridgehead atoms. The number of aromatic nitrogens is 3. The number of nitrogens with zero attached hydrogens (tertiary/aromatic N) is 3. The Morgan fingerprint density at radius 1 is 1.33 bits per heavy atom. The molecule has 6 heteroatoms. The average Bonchev–Trinajstić information content (AvgIpc) is 2.28. The van der Waals surface area contributed by atoms with Crippen molar-refractivity contribution < 1.29 is 0 Å². The van der Waals surface area contributed by atoms with E-state index in [9.17, 15) is 0 Å². The van der Waals surface area contributed by atoms with Crippen molar-refractivity contribution in [2.45, 2.75) is 19.4 Å². The normalized spacial score (nSPS) is 12.4. The van der Waals surface area contributed by atoms with Crippen LogP contribution in [0.3, 0.4) is 0 Å². The van der Waals surface area contributed by atoms with Crippen molar-refractivity contribution in [1.82, 2.24) is 15.0 Å². The van der Waals surface area contributed by atoms with E-state index in [0.717, 1.165) is 26.8 Å². The average molecular weight is 372 g/mol. The van der Waals surface area contributed by atoms with Crippen molar-refractivity contribution >= 4 is 31.9 Å². The van der Waals surface area contributed by atoms with E-state index in [-0.39, 0.29) is 6.04 Å². The number of halogens is 2. The van der Waals surface area contributed by atoms with Crippen LogP contribution in [0.2, 0.25) is 0 Å². The Labute approximate surface area is 122 Å². The van der Waals surface area contributed by atoms with Gasteiger partial charge in [-0.1, -0.05) is 0 Å². The van der Waals surface area contributed by atoms with E-state index in [2.05, 4.69) is 46.8 Å². The second kappa shape index (κ2) is 5.86. The van der Waals surface area contributed by atoms with Crippen molar-refractivity contribution in [3.63, 3.8) is 0 Å². The summed E-state index contributed by atoms with van der Waals surface area (Å²) in [6.07, 6.45) is 4.18. The number of nitrogens with two attached hydrogens (primary N) is 1. The van der Waals surface area contributed by atoms with Gasteiger partial charge in [0.25, 0.3) is 0 Å². The van der Waals surface area contributed by atoms with Crippen LogP contribution in [0.25, 0.3) is 11.5 Å². The molecule has 2 aromatic rings.